The predicted molar refractivity (Wildman–Crippen MR) is 143 cm³/mol. The summed E-state index contributed by atoms with van der Waals surface area (Å²) in [4.78, 5) is 26.9. The Labute approximate surface area is 217 Å². The van der Waals surface area contributed by atoms with Crippen LogP contribution in [0.15, 0.2) is 60.9 Å². The maximum Gasteiger partial charge on any atom is 0.199 e. The predicted octanol–water partition coefficient (Wildman–Crippen LogP) is 5.96. The lowest BCUT2D eigenvalue weighted by atomic mass is 9.81. The first-order valence-corrected chi connectivity index (χ1v) is 12.8. The molecule has 1 aliphatic carbocycles. The Morgan fingerprint density at radius 2 is 1.95 bits per heavy atom. The molecule has 1 aliphatic rings. The first-order chi connectivity index (χ1) is 18.1. The number of nitrogens with one attached hydrogen (secondary N) is 1. The second-order valence-electron chi connectivity index (χ2n) is 9.14. The van der Waals surface area contributed by atoms with Crippen LogP contribution in [0.4, 0.5) is 10.2 Å². The number of benzene rings is 2. The Morgan fingerprint density at radius 3 is 2.65 bits per heavy atom. The van der Waals surface area contributed by atoms with Crippen molar-refractivity contribution in [2.45, 2.75) is 18.9 Å². The molecule has 1 N–H and O–H groups in total. The quantitative estimate of drug-likeness (QED) is 0.270. The van der Waals surface area contributed by atoms with Gasteiger partial charge >= 0.3 is 0 Å². The average Bonchev–Trinajstić information content (AvgIpc) is 3.50. The lowest BCUT2D eigenvalue weighted by Crippen LogP contribution is -2.36. The SMILES string of the molecule is COc1cccc(-c2sc3nc(-c4nccn4C)nc(NC4CC(C=O)C4)c3c2-c2ccccc2)c1F. The summed E-state index contributed by atoms with van der Waals surface area (Å²) in [5.41, 5.74) is 2.23. The zero-order valence-corrected chi connectivity index (χ0v) is 21.1. The highest BCUT2D eigenvalue weighted by atomic mass is 32.1. The maximum absolute atomic E-state index is 15.6. The molecule has 3 aromatic heterocycles. The molecular formula is C28H24FN5O2S. The zero-order chi connectivity index (χ0) is 25.5. The van der Waals surface area contributed by atoms with Crippen molar-refractivity contribution in [2.24, 2.45) is 13.0 Å². The number of aldehydes is 1. The minimum Gasteiger partial charge on any atom is -0.494 e. The fraction of sp³-hybridized carbons (Fsp3) is 0.214. The molecule has 0 atom stereocenters. The van der Waals surface area contributed by atoms with Crippen LogP contribution in [0, 0.1) is 11.7 Å². The van der Waals surface area contributed by atoms with Crippen molar-refractivity contribution in [3.05, 3.63) is 66.7 Å². The molecule has 0 saturated heterocycles. The summed E-state index contributed by atoms with van der Waals surface area (Å²) in [5.74, 6) is 1.58. The van der Waals surface area contributed by atoms with Crippen molar-refractivity contribution in [2.75, 3.05) is 12.4 Å². The molecule has 37 heavy (non-hydrogen) atoms. The molecule has 5 aromatic rings. The van der Waals surface area contributed by atoms with Crippen LogP contribution >= 0.6 is 11.3 Å². The highest BCUT2D eigenvalue weighted by Gasteiger charge is 2.31. The smallest absolute Gasteiger partial charge is 0.199 e. The number of anilines is 1. The minimum absolute atomic E-state index is 0.0568. The molecule has 9 heteroatoms. The third kappa shape index (κ3) is 4.05. The monoisotopic (exact) mass is 513 g/mol. The summed E-state index contributed by atoms with van der Waals surface area (Å²) in [7, 11) is 3.35. The number of aryl methyl sites for hydroxylation is 1. The number of rotatable bonds is 7. The van der Waals surface area contributed by atoms with Crippen molar-refractivity contribution in [1.29, 1.82) is 0 Å². The number of imidazole rings is 1. The highest BCUT2D eigenvalue weighted by Crippen LogP contribution is 2.48. The van der Waals surface area contributed by atoms with E-state index in [4.69, 9.17) is 14.7 Å². The highest BCUT2D eigenvalue weighted by molar-refractivity contribution is 7.22. The zero-order valence-electron chi connectivity index (χ0n) is 20.3. The van der Waals surface area contributed by atoms with Gasteiger partial charge in [-0.05, 0) is 24.5 Å². The molecule has 186 valence electrons. The Kier molecular flexibility index (Phi) is 5.92. The van der Waals surface area contributed by atoms with Crippen molar-refractivity contribution >= 4 is 33.7 Å². The molecule has 1 saturated carbocycles. The van der Waals surface area contributed by atoms with Gasteiger partial charge in [-0.1, -0.05) is 42.5 Å². The van der Waals surface area contributed by atoms with Crippen LogP contribution in [0.25, 0.3) is 43.4 Å². The van der Waals surface area contributed by atoms with Gasteiger partial charge in [-0.2, -0.15) is 0 Å². The number of halogens is 1. The van der Waals surface area contributed by atoms with E-state index in [0.717, 1.165) is 45.3 Å². The van der Waals surface area contributed by atoms with Gasteiger partial charge in [0.1, 0.15) is 16.9 Å². The van der Waals surface area contributed by atoms with Crippen LogP contribution in [-0.4, -0.2) is 39.0 Å². The topological polar surface area (TPSA) is 81.9 Å². The molecule has 0 bridgehead atoms. The first-order valence-electron chi connectivity index (χ1n) is 12.0. The largest absolute Gasteiger partial charge is 0.494 e. The van der Waals surface area contributed by atoms with Crippen molar-refractivity contribution in [3.63, 3.8) is 0 Å². The van der Waals surface area contributed by atoms with Gasteiger partial charge in [0.15, 0.2) is 23.2 Å². The van der Waals surface area contributed by atoms with Gasteiger partial charge in [-0.25, -0.2) is 19.3 Å². The van der Waals surface area contributed by atoms with Crippen LogP contribution in [0.1, 0.15) is 12.8 Å². The average molecular weight is 514 g/mol. The van der Waals surface area contributed by atoms with E-state index >= 15 is 4.39 Å². The van der Waals surface area contributed by atoms with E-state index in [1.165, 1.54) is 18.4 Å². The van der Waals surface area contributed by atoms with Gasteiger partial charge in [-0.3, -0.25) is 0 Å². The molecule has 0 spiro atoms. The molecule has 1 fully saturated rings. The molecule has 0 radical (unpaired) electrons. The van der Waals surface area contributed by atoms with Gasteiger partial charge in [0.25, 0.3) is 0 Å². The van der Waals surface area contributed by atoms with Crippen LogP contribution in [-0.2, 0) is 11.8 Å². The second-order valence-corrected chi connectivity index (χ2v) is 10.1. The summed E-state index contributed by atoms with van der Waals surface area (Å²) in [6.07, 6.45) is 6.05. The van der Waals surface area contributed by atoms with Gasteiger partial charge in [-0.15, -0.1) is 11.3 Å². The molecule has 6 rings (SSSR count). The first kappa shape index (κ1) is 23.3. The number of ether oxygens (including phenoxy) is 1. The minimum atomic E-state index is -0.423. The summed E-state index contributed by atoms with van der Waals surface area (Å²) >= 11 is 1.41. The van der Waals surface area contributed by atoms with Gasteiger partial charge in [0, 0.05) is 47.4 Å². The molecule has 3 heterocycles. The third-order valence-corrected chi connectivity index (χ3v) is 7.89. The fourth-order valence-corrected chi connectivity index (χ4v) is 6.00. The number of carbonyl (C=O) groups excluding carboxylic acids is 1. The maximum atomic E-state index is 15.6. The van der Waals surface area contributed by atoms with Crippen molar-refractivity contribution in [3.8, 4) is 39.0 Å². The third-order valence-electron chi connectivity index (χ3n) is 6.77. The summed E-state index contributed by atoms with van der Waals surface area (Å²) < 4.78 is 22.7. The van der Waals surface area contributed by atoms with Crippen LogP contribution < -0.4 is 10.1 Å². The van der Waals surface area contributed by atoms with E-state index in [9.17, 15) is 4.79 Å². The van der Waals surface area contributed by atoms with E-state index in [1.807, 2.05) is 48.1 Å². The van der Waals surface area contributed by atoms with Crippen LogP contribution in [0.2, 0.25) is 0 Å². The number of methoxy groups -OCH3 is 1. The van der Waals surface area contributed by atoms with Crippen molar-refractivity contribution < 1.29 is 13.9 Å². The van der Waals surface area contributed by atoms with E-state index in [2.05, 4.69) is 10.3 Å². The lowest BCUT2D eigenvalue weighted by Gasteiger charge is -2.32. The summed E-state index contributed by atoms with van der Waals surface area (Å²) in [6.45, 7) is 0. The van der Waals surface area contributed by atoms with E-state index in [1.54, 1.807) is 24.4 Å². The molecule has 2 aromatic carbocycles. The molecule has 0 unspecified atom stereocenters. The second kappa shape index (κ2) is 9.40. The molecule has 7 nitrogen and oxygen atoms in total. The Hall–Kier alpha value is -4.11. The van der Waals surface area contributed by atoms with Gasteiger partial charge in [0.05, 0.1) is 12.5 Å². The van der Waals surface area contributed by atoms with E-state index in [0.29, 0.717) is 23.0 Å². The Balaban J connectivity index is 1.63. The number of thiophene rings is 1. The van der Waals surface area contributed by atoms with Gasteiger partial charge < -0.3 is 19.4 Å². The van der Waals surface area contributed by atoms with Crippen LogP contribution in [0.3, 0.4) is 0 Å². The molecule has 0 amide bonds. The van der Waals surface area contributed by atoms with Crippen molar-refractivity contribution in [1.82, 2.24) is 19.5 Å². The number of aromatic nitrogens is 4. The number of fused-ring (bicyclic) bond motifs is 1. The number of hydrogen-bond donors (Lipinski definition) is 1. The number of hydrogen-bond acceptors (Lipinski definition) is 7. The molecule has 0 aliphatic heterocycles. The molecular weight excluding hydrogens is 489 g/mol. The van der Waals surface area contributed by atoms with Crippen LogP contribution in [0.5, 0.6) is 5.75 Å². The van der Waals surface area contributed by atoms with E-state index in [-0.39, 0.29) is 17.7 Å². The number of carbonyl (C=O) groups is 1. The summed E-state index contributed by atoms with van der Waals surface area (Å²) in [6, 6.07) is 15.2. The Bertz CT molecular complexity index is 1610. The normalized spacial score (nSPS) is 16.9. The summed E-state index contributed by atoms with van der Waals surface area (Å²) in [5, 5.41) is 4.38. The fourth-order valence-electron chi connectivity index (χ4n) is 4.78. The van der Waals surface area contributed by atoms with E-state index < -0.39 is 5.82 Å². The number of nitrogens with zero attached hydrogens (tertiary/aromatic N) is 4. The standard InChI is InChI=1S/C28H24FN5O2S/c1-34-12-11-30-27(34)26-32-25(31-18-13-16(14-18)15-35)22-21(17-7-4-3-5-8-17)24(37-28(22)33-26)19-9-6-10-20(36-2)23(19)29/h3-12,15-16,18H,13-14H2,1-2H3,(H,31,32,33). The Morgan fingerprint density at radius 1 is 1.14 bits per heavy atom. The van der Waals surface area contributed by atoms with Gasteiger partial charge in [0.2, 0.25) is 0 Å². The lowest BCUT2D eigenvalue weighted by molar-refractivity contribution is -0.113.